The summed E-state index contributed by atoms with van der Waals surface area (Å²) in [7, 11) is 3.38. The molecule has 0 fully saturated rings. The molecule has 0 saturated heterocycles. The molecule has 0 aliphatic heterocycles. The van der Waals surface area contributed by atoms with Gasteiger partial charge < -0.3 is 4.90 Å². The molecule has 2 aromatic rings. The number of aryl methyl sites for hydroxylation is 1. The molecule has 1 amide bonds. The monoisotopic (exact) mass is 237 g/mol. The molecule has 0 N–H and O–H groups in total. The zero-order valence-electron chi connectivity index (χ0n) is 9.37. The molecule has 2 nitrogen and oxygen atoms in total. The van der Waals surface area contributed by atoms with Crippen LogP contribution in [-0.2, 0) is 0 Å². The Labute approximate surface area is 97.3 Å². The van der Waals surface area contributed by atoms with Gasteiger partial charge in [-0.15, -0.1) is 11.3 Å². The first-order chi connectivity index (χ1) is 7.50. The van der Waals surface area contributed by atoms with E-state index in [1.807, 2.05) is 6.07 Å². The number of fused-ring (bicyclic) bond motifs is 1. The number of amides is 1. The number of rotatable bonds is 1. The lowest BCUT2D eigenvalue weighted by Gasteiger charge is -2.06. The summed E-state index contributed by atoms with van der Waals surface area (Å²) in [5, 5.41) is 0.790. The zero-order chi connectivity index (χ0) is 11.9. The van der Waals surface area contributed by atoms with Crippen molar-refractivity contribution in [3.05, 3.63) is 34.5 Å². The topological polar surface area (TPSA) is 20.3 Å². The Balaban J connectivity index is 2.61. The first kappa shape index (κ1) is 11.1. The summed E-state index contributed by atoms with van der Waals surface area (Å²) in [5.74, 6) is -0.307. The number of nitrogens with zero attached hydrogens (tertiary/aromatic N) is 1. The Kier molecular flexibility index (Phi) is 2.68. The second kappa shape index (κ2) is 3.87. The molecule has 84 valence electrons. The van der Waals surface area contributed by atoms with Crippen molar-refractivity contribution < 1.29 is 9.18 Å². The van der Waals surface area contributed by atoms with Crippen LogP contribution in [0.2, 0.25) is 0 Å². The number of hydrogen-bond donors (Lipinski definition) is 0. The van der Waals surface area contributed by atoms with Gasteiger partial charge in [0.05, 0.1) is 9.58 Å². The first-order valence-corrected chi connectivity index (χ1v) is 5.72. The van der Waals surface area contributed by atoms with Crippen LogP contribution >= 0.6 is 11.3 Å². The van der Waals surface area contributed by atoms with Crippen molar-refractivity contribution >= 4 is 27.3 Å². The van der Waals surface area contributed by atoms with Crippen LogP contribution in [0.25, 0.3) is 10.1 Å². The molecule has 0 bridgehead atoms. The van der Waals surface area contributed by atoms with Crippen molar-refractivity contribution in [1.29, 1.82) is 0 Å². The number of benzene rings is 1. The highest BCUT2D eigenvalue weighted by molar-refractivity contribution is 7.20. The third kappa shape index (κ3) is 1.69. The number of carbonyl (C=O) groups excluding carboxylic acids is 1. The predicted octanol–water partition coefficient (Wildman–Crippen LogP) is 3.05. The minimum Gasteiger partial charge on any atom is -0.344 e. The predicted molar refractivity (Wildman–Crippen MR) is 64.5 cm³/mol. The lowest BCUT2D eigenvalue weighted by atomic mass is 10.2. The summed E-state index contributed by atoms with van der Waals surface area (Å²) in [6, 6.07) is 5.32. The molecule has 0 aliphatic rings. The Hall–Kier alpha value is -1.42. The van der Waals surface area contributed by atoms with Gasteiger partial charge in [-0.25, -0.2) is 4.39 Å². The van der Waals surface area contributed by atoms with Gasteiger partial charge in [-0.05, 0) is 23.9 Å². The van der Waals surface area contributed by atoms with Crippen molar-refractivity contribution in [1.82, 2.24) is 4.90 Å². The SMILES string of the molecule is Cc1ccc2cc(C(=O)N(C)C)sc2c1F. The van der Waals surface area contributed by atoms with E-state index in [0.29, 0.717) is 15.1 Å². The van der Waals surface area contributed by atoms with Gasteiger partial charge in [0.25, 0.3) is 5.91 Å². The number of thiophene rings is 1. The van der Waals surface area contributed by atoms with Crippen LogP contribution in [-0.4, -0.2) is 24.9 Å². The minimum absolute atomic E-state index is 0.0850. The van der Waals surface area contributed by atoms with Crippen LogP contribution in [0, 0.1) is 12.7 Å². The lowest BCUT2D eigenvalue weighted by Crippen LogP contribution is -2.20. The highest BCUT2D eigenvalue weighted by Gasteiger charge is 2.14. The second-order valence-electron chi connectivity index (χ2n) is 3.93. The van der Waals surface area contributed by atoms with Crippen molar-refractivity contribution in [2.75, 3.05) is 14.1 Å². The zero-order valence-corrected chi connectivity index (χ0v) is 10.2. The van der Waals surface area contributed by atoms with Gasteiger partial charge in [-0.3, -0.25) is 4.79 Å². The number of carbonyl (C=O) groups is 1. The van der Waals surface area contributed by atoms with E-state index in [9.17, 15) is 9.18 Å². The molecule has 16 heavy (non-hydrogen) atoms. The molecule has 1 aromatic carbocycles. The van der Waals surface area contributed by atoms with E-state index in [0.717, 1.165) is 5.39 Å². The third-order valence-corrected chi connectivity index (χ3v) is 3.57. The van der Waals surface area contributed by atoms with Crippen molar-refractivity contribution in [3.8, 4) is 0 Å². The Morgan fingerprint density at radius 1 is 1.38 bits per heavy atom. The van der Waals surface area contributed by atoms with Crippen molar-refractivity contribution in [3.63, 3.8) is 0 Å². The Morgan fingerprint density at radius 2 is 2.06 bits per heavy atom. The molecule has 0 aliphatic carbocycles. The first-order valence-electron chi connectivity index (χ1n) is 4.91. The van der Waals surface area contributed by atoms with E-state index in [-0.39, 0.29) is 11.7 Å². The quantitative estimate of drug-likeness (QED) is 0.746. The van der Waals surface area contributed by atoms with Gasteiger partial charge in [0.15, 0.2) is 0 Å². The third-order valence-electron chi connectivity index (χ3n) is 2.44. The largest absolute Gasteiger partial charge is 0.344 e. The molecule has 0 radical (unpaired) electrons. The molecule has 4 heteroatoms. The van der Waals surface area contributed by atoms with E-state index < -0.39 is 0 Å². The molecule has 1 aromatic heterocycles. The van der Waals surface area contributed by atoms with Crippen molar-refractivity contribution in [2.24, 2.45) is 0 Å². The van der Waals surface area contributed by atoms with Crippen LogP contribution < -0.4 is 0 Å². The average molecular weight is 237 g/mol. The summed E-state index contributed by atoms with van der Waals surface area (Å²) in [4.78, 5) is 13.8. The maximum atomic E-state index is 13.8. The summed E-state index contributed by atoms with van der Waals surface area (Å²) in [5.41, 5.74) is 0.609. The smallest absolute Gasteiger partial charge is 0.263 e. The molecule has 0 atom stereocenters. The number of hydrogen-bond acceptors (Lipinski definition) is 2. The van der Waals surface area contributed by atoms with E-state index in [1.54, 1.807) is 33.2 Å². The Morgan fingerprint density at radius 3 is 2.69 bits per heavy atom. The van der Waals surface area contributed by atoms with Gasteiger partial charge >= 0.3 is 0 Å². The molecular weight excluding hydrogens is 225 g/mol. The standard InChI is InChI=1S/C12H12FNOS/c1-7-4-5-8-6-9(12(15)14(2)3)16-11(8)10(7)13/h4-6H,1-3H3. The van der Waals surface area contributed by atoms with E-state index in [1.165, 1.54) is 16.2 Å². The fourth-order valence-corrected chi connectivity index (χ4v) is 2.66. The normalized spacial score (nSPS) is 10.8. The van der Waals surface area contributed by atoms with Crippen LogP contribution in [0.5, 0.6) is 0 Å². The second-order valence-corrected chi connectivity index (χ2v) is 4.98. The van der Waals surface area contributed by atoms with Gasteiger partial charge in [0.1, 0.15) is 5.82 Å². The summed E-state index contributed by atoms with van der Waals surface area (Å²) < 4.78 is 14.3. The highest BCUT2D eigenvalue weighted by Crippen LogP contribution is 2.30. The summed E-state index contributed by atoms with van der Waals surface area (Å²) >= 11 is 1.21. The molecule has 2 rings (SSSR count). The molecular formula is C12H12FNOS. The minimum atomic E-state index is -0.222. The Bertz CT molecular complexity index is 559. The van der Waals surface area contributed by atoms with Gasteiger partial charge in [0, 0.05) is 14.1 Å². The van der Waals surface area contributed by atoms with Crippen LogP contribution in [0.4, 0.5) is 4.39 Å². The summed E-state index contributed by atoms with van der Waals surface area (Å²) in [6.45, 7) is 1.72. The maximum Gasteiger partial charge on any atom is 0.263 e. The van der Waals surface area contributed by atoms with Crippen molar-refractivity contribution in [2.45, 2.75) is 6.92 Å². The van der Waals surface area contributed by atoms with Gasteiger partial charge in [-0.1, -0.05) is 12.1 Å². The van der Waals surface area contributed by atoms with E-state index in [4.69, 9.17) is 0 Å². The molecule has 0 spiro atoms. The molecule has 0 unspecified atom stereocenters. The fraction of sp³-hybridized carbons (Fsp3) is 0.250. The fourth-order valence-electron chi connectivity index (χ4n) is 1.49. The molecule has 1 heterocycles. The van der Waals surface area contributed by atoms with Crippen LogP contribution in [0.15, 0.2) is 18.2 Å². The summed E-state index contributed by atoms with van der Waals surface area (Å²) in [6.07, 6.45) is 0. The van der Waals surface area contributed by atoms with Gasteiger partial charge in [0.2, 0.25) is 0 Å². The van der Waals surface area contributed by atoms with Crippen LogP contribution in [0.3, 0.4) is 0 Å². The average Bonchev–Trinajstić information content (AvgIpc) is 2.67. The highest BCUT2D eigenvalue weighted by atomic mass is 32.1. The maximum absolute atomic E-state index is 13.8. The van der Waals surface area contributed by atoms with E-state index in [2.05, 4.69) is 0 Å². The number of halogens is 1. The molecule has 0 saturated carbocycles. The van der Waals surface area contributed by atoms with E-state index >= 15 is 0 Å². The van der Waals surface area contributed by atoms with Crippen LogP contribution in [0.1, 0.15) is 15.2 Å². The van der Waals surface area contributed by atoms with Gasteiger partial charge in [-0.2, -0.15) is 0 Å². The lowest BCUT2D eigenvalue weighted by molar-refractivity contribution is 0.0832.